The smallest absolute Gasteiger partial charge is 0.347 e. The molecule has 1 aromatic rings. The van der Waals surface area contributed by atoms with Crippen LogP contribution in [0.4, 0.5) is 0 Å². The van der Waals surface area contributed by atoms with Crippen LogP contribution in [0.15, 0.2) is 18.2 Å². The van der Waals surface area contributed by atoms with Crippen LogP contribution in [-0.2, 0) is 9.53 Å². The fourth-order valence-electron chi connectivity index (χ4n) is 1.26. The van der Waals surface area contributed by atoms with Crippen LogP contribution in [-0.4, -0.2) is 30.4 Å². The second-order valence-electron chi connectivity index (χ2n) is 3.48. The van der Waals surface area contributed by atoms with Crippen molar-refractivity contribution in [2.24, 2.45) is 0 Å². The number of aliphatic hydroxyl groups is 1. The minimum absolute atomic E-state index is 0.0486. The van der Waals surface area contributed by atoms with Crippen LogP contribution in [0.5, 0.6) is 5.75 Å². The maximum atomic E-state index is 11.6. The van der Waals surface area contributed by atoms with E-state index in [9.17, 15) is 4.79 Å². The predicted molar refractivity (Wildman–Crippen MR) is 69.2 cm³/mol. The molecule has 0 aliphatic carbocycles. The van der Waals surface area contributed by atoms with Crippen molar-refractivity contribution < 1.29 is 19.4 Å². The Morgan fingerprint density at radius 1 is 1.44 bits per heavy atom. The highest BCUT2D eigenvalue weighted by atomic mass is 35.5. The molecule has 0 bridgehead atoms. The summed E-state index contributed by atoms with van der Waals surface area (Å²) in [7, 11) is 0. The molecule has 1 N–H and O–H groups in total. The number of rotatable bonds is 6. The Morgan fingerprint density at radius 3 is 2.72 bits per heavy atom. The van der Waals surface area contributed by atoms with E-state index < -0.39 is 12.1 Å². The normalized spacial score (nSPS) is 12.0. The van der Waals surface area contributed by atoms with Crippen molar-refractivity contribution in [3.63, 3.8) is 0 Å². The van der Waals surface area contributed by atoms with Gasteiger partial charge in [0.15, 0.2) is 6.10 Å². The Bertz CT molecular complexity index is 409. The SMILES string of the molecule is CCC(Oc1ccc(Cl)cc1Cl)C(=O)OCCO. The van der Waals surface area contributed by atoms with Gasteiger partial charge < -0.3 is 14.6 Å². The molecule has 0 saturated heterocycles. The summed E-state index contributed by atoms with van der Waals surface area (Å²) in [4.78, 5) is 11.6. The molecule has 100 valence electrons. The van der Waals surface area contributed by atoms with E-state index in [1.54, 1.807) is 19.1 Å². The van der Waals surface area contributed by atoms with Crippen LogP contribution in [0.3, 0.4) is 0 Å². The highest BCUT2D eigenvalue weighted by molar-refractivity contribution is 6.35. The lowest BCUT2D eigenvalue weighted by molar-refractivity contribution is -0.153. The average Bonchev–Trinajstić information content (AvgIpc) is 2.35. The maximum absolute atomic E-state index is 11.6. The fraction of sp³-hybridized carbons (Fsp3) is 0.417. The third-order valence-electron chi connectivity index (χ3n) is 2.13. The van der Waals surface area contributed by atoms with E-state index in [0.29, 0.717) is 22.2 Å². The quantitative estimate of drug-likeness (QED) is 0.819. The van der Waals surface area contributed by atoms with Crippen molar-refractivity contribution in [1.29, 1.82) is 0 Å². The van der Waals surface area contributed by atoms with Crippen molar-refractivity contribution >= 4 is 29.2 Å². The van der Waals surface area contributed by atoms with E-state index in [1.165, 1.54) is 6.07 Å². The largest absolute Gasteiger partial charge is 0.477 e. The highest BCUT2D eigenvalue weighted by Gasteiger charge is 2.20. The van der Waals surface area contributed by atoms with Crippen molar-refractivity contribution in [2.45, 2.75) is 19.4 Å². The Morgan fingerprint density at radius 2 is 2.17 bits per heavy atom. The molecule has 0 spiro atoms. The van der Waals surface area contributed by atoms with E-state index in [1.807, 2.05) is 0 Å². The van der Waals surface area contributed by atoms with Crippen LogP contribution in [0.25, 0.3) is 0 Å². The lowest BCUT2D eigenvalue weighted by atomic mass is 10.2. The van der Waals surface area contributed by atoms with E-state index in [4.69, 9.17) is 37.8 Å². The monoisotopic (exact) mass is 292 g/mol. The zero-order chi connectivity index (χ0) is 13.5. The molecule has 0 fully saturated rings. The van der Waals surface area contributed by atoms with Gasteiger partial charge in [0.05, 0.1) is 11.6 Å². The summed E-state index contributed by atoms with van der Waals surface area (Å²) in [6.07, 6.45) is -0.321. The number of halogens is 2. The van der Waals surface area contributed by atoms with Gasteiger partial charge in [-0.05, 0) is 24.6 Å². The second-order valence-corrected chi connectivity index (χ2v) is 4.32. The highest BCUT2D eigenvalue weighted by Crippen LogP contribution is 2.28. The van der Waals surface area contributed by atoms with Gasteiger partial charge in [0.1, 0.15) is 12.4 Å². The standard InChI is InChI=1S/C12H14Cl2O4/c1-2-10(12(16)17-6-5-15)18-11-4-3-8(13)7-9(11)14/h3-4,7,10,15H,2,5-6H2,1H3. The minimum atomic E-state index is -0.754. The van der Waals surface area contributed by atoms with Gasteiger partial charge in [-0.2, -0.15) is 0 Å². The van der Waals surface area contributed by atoms with Gasteiger partial charge in [-0.15, -0.1) is 0 Å². The van der Waals surface area contributed by atoms with Gasteiger partial charge in [-0.25, -0.2) is 4.79 Å². The van der Waals surface area contributed by atoms with Crippen LogP contribution in [0.1, 0.15) is 13.3 Å². The van der Waals surface area contributed by atoms with Crippen molar-refractivity contribution in [2.75, 3.05) is 13.2 Å². The van der Waals surface area contributed by atoms with Crippen molar-refractivity contribution in [3.05, 3.63) is 28.2 Å². The Hall–Kier alpha value is -0.970. The van der Waals surface area contributed by atoms with Crippen molar-refractivity contribution in [3.8, 4) is 5.75 Å². The zero-order valence-electron chi connectivity index (χ0n) is 9.86. The molecular formula is C12H14Cl2O4. The number of ether oxygens (including phenoxy) is 2. The van der Waals surface area contributed by atoms with Gasteiger partial charge >= 0.3 is 5.97 Å². The fourth-order valence-corrected chi connectivity index (χ4v) is 1.71. The first-order valence-corrected chi connectivity index (χ1v) is 6.23. The summed E-state index contributed by atoms with van der Waals surface area (Å²) in [6, 6.07) is 4.74. The van der Waals surface area contributed by atoms with E-state index >= 15 is 0 Å². The summed E-state index contributed by atoms with van der Waals surface area (Å²) in [5.41, 5.74) is 0. The molecule has 6 heteroatoms. The number of benzene rings is 1. The number of esters is 1. The summed E-state index contributed by atoms with van der Waals surface area (Å²) in [5, 5.41) is 9.40. The molecule has 1 atom stereocenters. The first kappa shape index (κ1) is 15.1. The van der Waals surface area contributed by atoms with E-state index in [-0.39, 0.29) is 13.2 Å². The Labute approximate surface area is 115 Å². The summed E-state index contributed by atoms with van der Waals surface area (Å²) >= 11 is 11.7. The molecule has 0 radical (unpaired) electrons. The molecule has 0 aliphatic heterocycles. The number of hydrogen-bond acceptors (Lipinski definition) is 4. The molecule has 0 heterocycles. The third-order valence-corrected chi connectivity index (χ3v) is 2.66. The maximum Gasteiger partial charge on any atom is 0.347 e. The van der Waals surface area contributed by atoms with Gasteiger partial charge in [0, 0.05) is 5.02 Å². The molecule has 0 amide bonds. The topological polar surface area (TPSA) is 55.8 Å². The predicted octanol–water partition coefficient (Wildman–Crippen LogP) is 2.69. The van der Waals surface area contributed by atoms with Gasteiger partial charge in [0.2, 0.25) is 0 Å². The number of carbonyl (C=O) groups excluding carboxylic acids is 1. The number of hydrogen-bond donors (Lipinski definition) is 1. The molecule has 4 nitrogen and oxygen atoms in total. The van der Waals surface area contributed by atoms with Gasteiger partial charge in [-0.1, -0.05) is 30.1 Å². The summed E-state index contributed by atoms with van der Waals surface area (Å²) in [5.74, 6) is -0.161. The third kappa shape index (κ3) is 4.37. The van der Waals surface area contributed by atoms with Crippen LogP contribution in [0.2, 0.25) is 10.0 Å². The van der Waals surface area contributed by atoms with Crippen LogP contribution >= 0.6 is 23.2 Å². The molecule has 0 aliphatic rings. The molecular weight excluding hydrogens is 279 g/mol. The molecule has 1 unspecified atom stereocenters. The van der Waals surface area contributed by atoms with Gasteiger partial charge in [-0.3, -0.25) is 0 Å². The second kappa shape index (κ2) is 7.46. The lowest BCUT2D eigenvalue weighted by Gasteiger charge is -2.17. The molecule has 1 aromatic carbocycles. The van der Waals surface area contributed by atoms with Gasteiger partial charge in [0.25, 0.3) is 0 Å². The molecule has 1 rings (SSSR count). The first-order valence-electron chi connectivity index (χ1n) is 5.47. The zero-order valence-corrected chi connectivity index (χ0v) is 11.4. The molecule has 0 saturated carbocycles. The minimum Gasteiger partial charge on any atom is -0.477 e. The average molecular weight is 293 g/mol. The number of carbonyl (C=O) groups is 1. The Balaban J connectivity index is 2.70. The Kier molecular flexibility index (Phi) is 6.25. The van der Waals surface area contributed by atoms with E-state index in [2.05, 4.69) is 0 Å². The number of aliphatic hydroxyl groups excluding tert-OH is 1. The first-order chi connectivity index (χ1) is 8.58. The van der Waals surface area contributed by atoms with Crippen LogP contribution in [0, 0.1) is 0 Å². The van der Waals surface area contributed by atoms with Crippen molar-refractivity contribution in [1.82, 2.24) is 0 Å². The molecule has 18 heavy (non-hydrogen) atoms. The summed E-state index contributed by atoms with van der Waals surface area (Å²) < 4.78 is 10.3. The van der Waals surface area contributed by atoms with Crippen LogP contribution < -0.4 is 4.74 Å². The van der Waals surface area contributed by atoms with E-state index in [0.717, 1.165) is 0 Å². The lowest BCUT2D eigenvalue weighted by Crippen LogP contribution is -2.29. The molecule has 0 aromatic heterocycles. The summed E-state index contributed by atoms with van der Waals surface area (Å²) in [6.45, 7) is 1.52.